The minimum absolute atomic E-state index is 0.0957. The first kappa shape index (κ1) is 30.7. The Morgan fingerprint density at radius 2 is 1.17 bits per heavy atom. The molecule has 0 spiro atoms. The normalized spacial score (nSPS) is 27.4. The van der Waals surface area contributed by atoms with Crippen molar-refractivity contribution in [2.45, 2.75) is 0 Å². The number of fused-ring (bicyclic) bond motifs is 2. The third-order valence-electron chi connectivity index (χ3n) is 7.90. The van der Waals surface area contributed by atoms with Gasteiger partial charge in [0, 0.05) is 49.4 Å². The fourth-order valence-corrected chi connectivity index (χ4v) is 5.93. The lowest BCUT2D eigenvalue weighted by Gasteiger charge is -2.21. The molecule has 6 atom stereocenters. The van der Waals surface area contributed by atoms with Crippen molar-refractivity contribution >= 4 is 69.1 Å². The van der Waals surface area contributed by atoms with Gasteiger partial charge in [0.05, 0.1) is 5.88 Å². The molecule has 6 rings (SSSR count). The van der Waals surface area contributed by atoms with Crippen LogP contribution in [0, 0.1) is 35.5 Å². The molecule has 2 heterocycles. The van der Waals surface area contributed by atoms with E-state index in [-0.39, 0.29) is 17.7 Å². The van der Waals surface area contributed by atoms with Crippen LogP contribution in [-0.2, 0) is 14.4 Å². The topological polar surface area (TPSA) is 147 Å². The predicted octanol–water partition coefficient (Wildman–Crippen LogP) is 3.53. The molecule has 2 aliphatic carbocycles. The van der Waals surface area contributed by atoms with E-state index in [9.17, 15) is 9.59 Å². The molecule has 13 heteroatoms. The average molecular weight is 624 g/mol. The molecule has 4 fully saturated rings. The Balaban J connectivity index is 0.000000165. The molecule has 2 aromatic rings. The number of benzene rings is 2. The van der Waals surface area contributed by atoms with Gasteiger partial charge in [-0.25, -0.2) is 4.79 Å². The zero-order valence-electron chi connectivity index (χ0n) is 22.2. The van der Waals surface area contributed by atoms with Crippen LogP contribution >= 0.6 is 34.8 Å². The minimum atomic E-state index is -0.577. The maximum Gasteiger partial charge on any atom is 0.349 e. The Bertz CT molecular complexity index is 1230. The average Bonchev–Trinajstić information content (AvgIpc) is 3.73. The second kappa shape index (κ2) is 14.1. The number of nitrogens with zero attached hydrogens (tertiary/aromatic N) is 4. The molecule has 41 heavy (non-hydrogen) atoms. The second-order valence-corrected chi connectivity index (χ2v) is 11.3. The minimum Gasteiger partial charge on any atom is -0.409 e. The van der Waals surface area contributed by atoms with Gasteiger partial charge in [-0.15, -0.1) is 23.2 Å². The molecule has 0 bridgehead atoms. The zero-order valence-corrected chi connectivity index (χ0v) is 24.5. The number of piperidine rings is 2. The maximum absolute atomic E-state index is 10.9. The molecule has 0 amide bonds. The number of rotatable bonds is 7. The molecule has 2 aliphatic heterocycles. The standard InChI is InChI=1S/C14H16ClN3O2.C12H15N3O.C2H2Cl2O/c15-6-12(19)20-17-14(16)13-10-7-18(8-11(10)13)9-4-2-1-3-5-9;13-12(14-16)11-9-6-15(7-10(9)11)8-4-2-1-3-5-8;3-1-2(4)5/h1-5,10-11,13H,6-8H2,(H2,16,17);1-5,9-11,16H,6-7H2,(H2,13,14);1H2/t10-,11+,13?;9-,10+,11?;. The summed E-state index contributed by atoms with van der Waals surface area (Å²) in [6, 6.07) is 20.7. The van der Waals surface area contributed by atoms with Crippen molar-refractivity contribution in [1.82, 2.24) is 0 Å². The third-order valence-corrected chi connectivity index (χ3v) is 8.63. The third kappa shape index (κ3) is 7.75. The summed E-state index contributed by atoms with van der Waals surface area (Å²) in [5, 5.41) is 14.9. The van der Waals surface area contributed by atoms with Crippen LogP contribution < -0.4 is 21.3 Å². The van der Waals surface area contributed by atoms with Crippen LogP contribution in [0.3, 0.4) is 0 Å². The van der Waals surface area contributed by atoms with Crippen molar-refractivity contribution < 1.29 is 19.6 Å². The van der Waals surface area contributed by atoms with E-state index in [1.54, 1.807) is 0 Å². The molecule has 4 aliphatic rings. The number of carbonyl (C=O) groups is 2. The lowest BCUT2D eigenvalue weighted by Crippen LogP contribution is -2.28. The van der Waals surface area contributed by atoms with Crippen LogP contribution in [0.2, 0.25) is 0 Å². The number of carbonyl (C=O) groups excluding carboxylic acids is 2. The Hall–Kier alpha value is -3.21. The summed E-state index contributed by atoms with van der Waals surface area (Å²) in [5.74, 6) is 2.65. The highest BCUT2D eigenvalue weighted by Gasteiger charge is 2.58. The van der Waals surface area contributed by atoms with Gasteiger partial charge in [-0.05, 0) is 59.5 Å². The molecule has 2 saturated heterocycles. The number of para-hydroxylation sites is 2. The van der Waals surface area contributed by atoms with E-state index >= 15 is 0 Å². The van der Waals surface area contributed by atoms with Crippen LogP contribution in [0.15, 0.2) is 71.0 Å². The van der Waals surface area contributed by atoms with Crippen LogP contribution in [-0.4, -0.2) is 66.0 Å². The van der Waals surface area contributed by atoms with E-state index in [1.807, 2.05) is 24.3 Å². The van der Waals surface area contributed by atoms with Gasteiger partial charge in [-0.2, -0.15) is 0 Å². The molecule has 2 saturated carbocycles. The van der Waals surface area contributed by atoms with Gasteiger partial charge >= 0.3 is 5.97 Å². The first-order chi connectivity index (χ1) is 19.8. The molecular formula is C28H33Cl3N6O4. The van der Waals surface area contributed by atoms with Gasteiger partial charge in [0.25, 0.3) is 0 Å². The van der Waals surface area contributed by atoms with Crippen molar-refractivity contribution in [2.24, 2.45) is 57.3 Å². The second-order valence-electron chi connectivity index (χ2n) is 10.3. The number of oxime groups is 2. The molecule has 10 nitrogen and oxygen atoms in total. The monoisotopic (exact) mass is 622 g/mol. The predicted molar refractivity (Wildman–Crippen MR) is 162 cm³/mol. The Morgan fingerprint density at radius 3 is 1.51 bits per heavy atom. The van der Waals surface area contributed by atoms with E-state index in [1.165, 1.54) is 11.4 Å². The van der Waals surface area contributed by atoms with Crippen molar-refractivity contribution in [3.63, 3.8) is 0 Å². The molecular weight excluding hydrogens is 591 g/mol. The SMILES string of the molecule is N/C(=N\O)C1[C@H]2CN(c3ccccc3)C[C@@H]12.N/C(=N\OC(=O)CCl)C1[C@H]2CN(c3ccccc3)C[C@@H]12.O=C(Cl)CCl. The Morgan fingerprint density at radius 1 is 0.780 bits per heavy atom. The first-order valence-electron chi connectivity index (χ1n) is 13.2. The maximum atomic E-state index is 10.9. The van der Waals surface area contributed by atoms with E-state index in [4.69, 9.17) is 51.5 Å². The quantitative estimate of drug-likeness (QED) is 0.0808. The summed E-state index contributed by atoms with van der Waals surface area (Å²) in [6.45, 7) is 3.99. The van der Waals surface area contributed by atoms with Crippen LogP contribution in [0.1, 0.15) is 0 Å². The Labute approximate surface area is 253 Å². The van der Waals surface area contributed by atoms with Gasteiger partial charge in [-0.3, -0.25) is 4.79 Å². The number of hydrogen-bond donors (Lipinski definition) is 3. The van der Waals surface area contributed by atoms with E-state index < -0.39 is 11.2 Å². The van der Waals surface area contributed by atoms with Crippen LogP contribution in [0.25, 0.3) is 0 Å². The van der Waals surface area contributed by atoms with Crippen LogP contribution in [0.4, 0.5) is 11.4 Å². The molecule has 0 aromatic heterocycles. The van der Waals surface area contributed by atoms with E-state index in [0.717, 1.165) is 26.2 Å². The van der Waals surface area contributed by atoms with Crippen molar-refractivity contribution in [2.75, 3.05) is 47.7 Å². The summed E-state index contributed by atoms with van der Waals surface area (Å²) >= 11 is 14.9. The fraction of sp³-hybridized carbons (Fsp3) is 0.429. The van der Waals surface area contributed by atoms with Crippen LogP contribution in [0.5, 0.6) is 0 Å². The van der Waals surface area contributed by atoms with E-state index in [0.29, 0.717) is 41.3 Å². The van der Waals surface area contributed by atoms with E-state index in [2.05, 4.69) is 61.3 Å². The van der Waals surface area contributed by atoms with Gasteiger partial charge < -0.3 is 31.3 Å². The van der Waals surface area contributed by atoms with Crippen molar-refractivity contribution in [1.29, 1.82) is 0 Å². The smallest absolute Gasteiger partial charge is 0.349 e. The summed E-state index contributed by atoms with van der Waals surface area (Å²) in [6.07, 6.45) is 0. The largest absolute Gasteiger partial charge is 0.409 e. The van der Waals surface area contributed by atoms with Gasteiger partial charge in [-0.1, -0.05) is 46.7 Å². The number of nitrogens with two attached hydrogens (primary N) is 2. The highest BCUT2D eigenvalue weighted by atomic mass is 35.5. The number of anilines is 2. The lowest BCUT2D eigenvalue weighted by molar-refractivity contribution is -0.140. The number of halogens is 3. The molecule has 0 radical (unpaired) electrons. The fourth-order valence-electron chi connectivity index (χ4n) is 5.88. The van der Waals surface area contributed by atoms with Gasteiger partial charge in [0.15, 0.2) is 0 Å². The number of hydrogen-bond acceptors (Lipinski definition) is 8. The molecule has 2 aromatic carbocycles. The summed E-state index contributed by atoms with van der Waals surface area (Å²) in [5.41, 5.74) is 14.0. The summed E-state index contributed by atoms with van der Waals surface area (Å²) in [7, 11) is 0. The molecule has 5 N–H and O–H groups in total. The number of alkyl halides is 2. The van der Waals surface area contributed by atoms with Gasteiger partial charge in [0.1, 0.15) is 17.6 Å². The first-order valence-corrected chi connectivity index (χ1v) is 14.6. The Kier molecular flexibility index (Phi) is 10.6. The number of amidine groups is 2. The molecule has 2 unspecified atom stereocenters. The molecule has 220 valence electrons. The highest BCUT2D eigenvalue weighted by Crippen LogP contribution is 2.53. The van der Waals surface area contributed by atoms with Gasteiger partial charge in [0.2, 0.25) is 5.24 Å². The van der Waals surface area contributed by atoms with Crippen molar-refractivity contribution in [3.8, 4) is 0 Å². The van der Waals surface area contributed by atoms with Crippen molar-refractivity contribution in [3.05, 3.63) is 60.7 Å². The summed E-state index contributed by atoms with van der Waals surface area (Å²) in [4.78, 5) is 29.7. The zero-order chi connectivity index (χ0) is 29.5. The lowest BCUT2D eigenvalue weighted by atomic mass is 10.2. The highest BCUT2D eigenvalue weighted by molar-refractivity contribution is 6.67. The summed E-state index contributed by atoms with van der Waals surface area (Å²) < 4.78 is 0.